The molecule has 0 spiro atoms. The molecule has 0 saturated carbocycles. The van der Waals surface area contributed by atoms with Crippen molar-refractivity contribution >= 4 is 11.5 Å². The number of nitrogens with zero attached hydrogens (tertiary/aromatic N) is 3. The van der Waals surface area contributed by atoms with Gasteiger partial charge in [-0.15, -0.1) is 0 Å². The largest absolute Gasteiger partial charge is 0.359 e. The molecule has 7 heteroatoms. The third-order valence-corrected chi connectivity index (χ3v) is 3.34. The van der Waals surface area contributed by atoms with Gasteiger partial charge in [0.05, 0.1) is 0 Å². The van der Waals surface area contributed by atoms with E-state index in [9.17, 15) is 9.59 Å². The van der Waals surface area contributed by atoms with Crippen molar-refractivity contribution in [2.45, 2.75) is 33.7 Å². The molecule has 0 amide bonds. The molecule has 2 aromatic rings. The molecule has 2 aromatic heterocycles. The zero-order valence-electron chi connectivity index (χ0n) is 10.1. The molecule has 0 aliphatic heterocycles. The van der Waals surface area contributed by atoms with Crippen molar-refractivity contribution in [3.63, 3.8) is 0 Å². The molecule has 0 aliphatic rings. The Kier molecular flexibility index (Phi) is 2.78. The lowest BCUT2D eigenvalue weighted by Gasteiger charge is -2.02. The van der Waals surface area contributed by atoms with Crippen molar-refractivity contribution in [1.82, 2.24) is 13.7 Å². The topological polar surface area (TPSA) is 70.0 Å². The van der Waals surface area contributed by atoms with Crippen LogP contribution in [-0.4, -0.2) is 13.7 Å². The van der Waals surface area contributed by atoms with E-state index in [0.717, 1.165) is 11.5 Å². The minimum absolute atomic E-state index is 0.159. The molecule has 0 saturated heterocycles. The van der Waals surface area contributed by atoms with E-state index in [-0.39, 0.29) is 16.6 Å². The number of rotatable bonds is 2. The van der Waals surface area contributed by atoms with E-state index in [1.165, 1.54) is 8.52 Å². The average Bonchev–Trinajstić information content (AvgIpc) is 2.68. The molecule has 6 nitrogen and oxygen atoms in total. The van der Waals surface area contributed by atoms with E-state index in [2.05, 4.69) is 5.16 Å². The first-order chi connectivity index (χ1) is 7.93. The summed E-state index contributed by atoms with van der Waals surface area (Å²) in [6.07, 6.45) is 0. The van der Waals surface area contributed by atoms with Crippen LogP contribution < -0.4 is 10.6 Å². The van der Waals surface area contributed by atoms with Crippen molar-refractivity contribution in [2.75, 3.05) is 0 Å². The standard InChI is InChI=1S/C10H13N3O3S/c1-5(2)12-9(14)13(17-10(12)15)8-6(3)11-16-7(8)4/h5H,1-4H3. The van der Waals surface area contributed by atoms with E-state index in [1.807, 2.05) is 0 Å². The predicted octanol–water partition coefficient (Wildman–Crippen LogP) is 1.25. The van der Waals surface area contributed by atoms with Crippen LogP contribution in [0.4, 0.5) is 0 Å². The summed E-state index contributed by atoms with van der Waals surface area (Å²) in [6, 6.07) is -0.159. The first-order valence-corrected chi connectivity index (χ1v) is 5.99. The minimum Gasteiger partial charge on any atom is -0.359 e. The molecule has 0 aliphatic carbocycles. The maximum absolute atomic E-state index is 12.1. The quantitative estimate of drug-likeness (QED) is 0.809. The molecule has 0 unspecified atom stereocenters. The summed E-state index contributed by atoms with van der Waals surface area (Å²) in [7, 11) is 0. The molecule has 0 N–H and O–H groups in total. The van der Waals surface area contributed by atoms with Crippen molar-refractivity contribution < 1.29 is 4.52 Å². The average molecular weight is 255 g/mol. The Morgan fingerprint density at radius 1 is 1.29 bits per heavy atom. The molecule has 0 radical (unpaired) electrons. The maximum Gasteiger partial charge on any atom is 0.346 e. The van der Waals surface area contributed by atoms with Gasteiger partial charge in [0, 0.05) is 17.6 Å². The highest BCUT2D eigenvalue weighted by atomic mass is 32.1. The molecular weight excluding hydrogens is 242 g/mol. The van der Waals surface area contributed by atoms with Crippen molar-refractivity contribution in [3.8, 4) is 5.69 Å². The van der Waals surface area contributed by atoms with Gasteiger partial charge in [0.1, 0.15) is 11.4 Å². The van der Waals surface area contributed by atoms with Crippen LogP contribution in [0.25, 0.3) is 5.69 Å². The fraction of sp³-hybridized carbons (Fsp3) is 0.500. The second-order valence-electron chi connectivity index (χ2n) is 4.07. The van der Waals surface area contributed by atoms with Crippen LogP contribution in [0, 0.1) is 13.8 Å². The van der Waals surface area contributed by atoms with E-state index < -0.39 is 0 Å². The molecule has 0 bridgehead atoms. The summed E-state index contributed by atoms with van der Waals surface area (Å²) in [5.41, 5.74) is 0.822. The lowest BCUT2D eigenvalue weighted by Crippen LogP contribution is -2.30. The van der Waals surface area contributed by atoms with Gasteiger partial charge in [-0.3, -0.25) is 4.79 Å². The summed E-state index contributed by atoms with van der Waals surface area (Å²) in [4.78, 5) is 23.6. The predicted molar refractivity (Wildman–Crippen MR) is 64.1 cm³/mol. The van der Waals surface area contributed by atoms with E-state index in [0.29, 0.717) is 17.1 Å². The summed E-state index contributed by atoms with van der Waals surface area (Å²) in [6.45, 7) is 7.05. The zero-order chi connectivity index (χ0) is 12.7. The van der Waals surface area contributed by atoms with Gasteiger partial charge in [-0.05, 0) is 27.7 Å². The van der Waals surface area contributed by atoms with Gasteiger partial charge < -0.3 is 4.52 Å². The van der Waals surface area contributed by atoms with Crippen LogP contribution in [0.5, 0.6) is 0 Å². The van der Waals surface area contributed by atoms with Crippen molar-refractivity contribution in [1.29, 1.82) is 0 Å². The number of aryl methyl sites for hydroxylation is 2. The van der Waals surface area contributed by atoms with Gasteiger partial charge >= 0.3 is 10.6 Å². The monoisotopic (exact) mass is 255 g/mol. The van der Waals surface area contributed by atoms with Crippen LogP contribution in [0.15, 0.2) is 14.1 Å². The first kappa shape index (κ1) is 11.8. The third kappa shape index (κ3) is 1.76. The van der Waals surface area contributed by atoms with Crippen molar-refractivity contribution in [3.05, 3.63) is 31.6 Å². The Morgan fingerprint density at radius 2 is 1.94 bits per heavy atom. The van der Waals surface area contributed by atoms with Crippen LogP contribution in [0.3, 0.4) is 0 Å². The number of aromatic nitrogens is 3. The van der Waals surface area contributed by atoms with Gasteiger partial charge in [0.15, 0.2) is 5.76 Å². The van der Waals surface area contributed by atoms with Crippen LogP contribution in [-0.2, 0) is 0 Å². The summed E-state index contributed by atoms with van der Waals surface area (Å²) < 4.78 is 7.56. The highest BCUT2D eigenvalue weighted by Gasteiger charge is 2.19. The summed E-state index contributed by atoms with van der Waals surface area (Å²) in [5, 5.41) is 3.78. The number of hydrogen-bond acceptors (Lipinski definition) is 5. The van der Waals surface area contributed by atoms with Gasteiger partial charge in [-0.25, -0.2) is 13.3 Å². The lowest BCUT2D eigenvalue weighted by atomic mass is 10.3. The lowest BCUT2D eigenvalue weighted by molar-refractivity contribution is 0.393. The van der Waals surface area contributed by atoms with E-state index in [1.54, 1.807) is 27.7 Å². The highest BCUT2D eigenvalue weighted by Crippen LogP contribution is 2.17. The maximum atomic E-state index is 12.1. The zero-order valence-corrected chi connectivity index (χ0v) is 10.9. The first-order valence-electron chi connectivity index (χ1n) is 5.21. The smallest absolute Gasteiger partial charge is 0.346 e. The Balaban J connectivity index is 2.75. The summed E-state index contributed by atoms with van der Waals surface area (Å²) >= 11 is 0.867. The van der Waals surface area contributed by atoms with Gasteiger partial charge in [0.2, 0.25) is 0 Å². The second kappa shape index (κ2) is 3.99. The normalized spacial score (nSPS) is 11.4. The summed E-state index contributed by atoms with van der Waals surface area (Å²) in [5.74, 6) is 0.529. The number of hydrogen-bond donors (Lipinski definition) is 0. The minimum atomic E-state index is -0.343. The van der Waals surface area contributed by atoms with Gasteiger partial charge in [0.25, 0.3) is 0 Å². The van der Waals surface area contributed by atoms with Gasteiger partial charge in [-0.2, -0.15) is 0 Å². The molecular formula is C10H13N3O3S. The Labute approximate surface area is 101 Å². The SMILES string of the molecule is Cc1noc(C)c1-n1sc(=O)n(C(C)C)c1=O. The molecule has 92 valence electrons. The molecule has 2 heterocycles. The van der Waals surface area contributed by atoms with Crippen LogP contribution >= 0.6 is 11.5 Å². The molecule has 0 fully saturated rings. The molecule has 2 rings (SSSR count). The highest BCUT2D eigenvalue weighted by molar-refractivity contribution is 7.03. The second-order valence-corrected chi connectivity index (χ2v) is 4.97. The molecule has 0 aromatic carbocycles. The van der Waals surface area contributed by atoms with Crippen LogP contribution in [0.2, 0.25) is 0 Å². The molecule has 0 atom stereocenters. The Bertz CT molecular complexity index is 640. The third-order valence-electron chi connectivity index (χ3n) is 2.46. The van der Waals surface area contributed by atoms with E-state index in [4.69, 9.17) is 4.52 Å². The Morgan fingerprint density at radius 3 is 2.35 bits per heavy atom. The van der Waals surface area contributed by atoms with Crippen LogP contribution in [0.1, 0.15) is 31.3 Å². The Hall–Kier alpha value is -1.63. The fourth-order valence-electron chi connectivity index (χ4n) is 1.68. The van der Waals surface area contributed by atoms with E-state index >= 15 is 0 Å². The fourth-order valence-corrected chi connectivity index (χ4v) is 2.73. The van der Waals surface area contributed by atoms with Crippen molar-refractivity contribution in [2.24, 2.45) is 0 Å². The molecule has 17 heavy (non-hydrogen) atoms. The van der Waals surface area contributed by atoms with Gasteiger partial charge in [-0.1, -0.05) is 5.16 Å².